The molecule has 3 amide bonds. The van der Waals surface area contributed by atoms with E-state index in [9.17, 15) is 14.4 Å². The standard InChI is InChI=1S/C19H21N3O5/c1-2-26-15-7-4-3-6-13(15)21-17(23)12-14-18(24)20-9-10-22(14)19(25)16-8-5-11-27-16/h3-8,11,14H,2,9-10,12H2,1H3,(H,20,24)(H,21,23)/t14-/m0/s1. The van der Waals surface area contributed by atoms with E-state index in [-0.39, 0.29) is 24.0 Å². The lowest BCUT2D eigenvalue weighted by Gasteiger charge is -2.34. The zero-order valence-corrected chi connectivity index (χ0v) is 14.9. The number of rotatable bonds is 6. The zero-order valence-electron chi connectivity index (χ0n) is 14.9. The van der Waals surface area contributed by atoms with E-state index in [4.69, 9.17) is 9.15 Å². The lowest BCUT2D eigenvalue weighted by Crippen LogP contribution is -2.58. The Morgan fingerprint density at radius 2 is 2.11 bits per heavy atom. The molecule has 3 rings (SSSR count). The maximum atomic E-state index is 12.6. The number of para-hydroxylation sites is 2. The Morgan fingerprint density at radius 1 is 1.30 bits per heavy atom. The van der Waals surface area contributed by atoms with E-state index >= 15 is 0 Å². The number of nitrogens with one attached hydrogen (secondary N) is 2. The van der Waals surface area contributed by atoms with Crippen LogP contribution in [-0.4, -0.2) is 48.4 Å². The number of furan rings is 1. The predicted molar refractivity (Wildman–Crippen MR) is 97.4 cm³/mol. The lowest BCUT2D eigenvalue weighted by molar-refractivity contribution is -0.131. The molecule has 1 aliphatic heterocycles. The molecule has 0 unspecified atom stereocenters. The van der Waals surface area contributed by atoms with Gasteiger partial charge < -0.3 is 24.7 Å². The van der Waals surface area contributed by atoms with Gasteiger partial charge in [-0.3, -0.25) is 14.4 Å². The Kier molecular flexibility index (Phi) is 5.75. The van der Waals surface area contributed by atoms with Gasteiger partial charge in [0.05, 0.1) is 25.0 Å². The highest BCUT2D eigenvalue weighted by molar-refractivity contribution is 6.00. The summed E-state index contributed by atoms with van der Waals surface area (Å²) in [7, 11) is 0. The van der Waals surface area contributed by atoms with Crippen molar-refractivity contribution >= 4 is 23.4 Å². The molecule has 0 aliphatic carbocycles. The number of ether oxygens (including phenoxy) is 1. The zero-order chi connectivity index (χ0) is 19.2. The van der Waals surface area contributed by atoms with Gasteiger partial charge in [-0.2, -0.15) is 0 Å². The molecule has 1 aromatic heterocycles. The van der Waals surface area contributed by atoms with Gasteiger partial charge in [0, 0.05) is 13.1 Å². The van der Waals surface area contributed by atoms with E-state index in [1.165, 1.54) is 17.2 Å². The molecule has 142 valence electrons. The third kappa shape index (κ3) is 4.28. The normalized spacial score (nSPS) is 16.6. The summed E-state index contributed by atoms with van der Waals surface area (Å²) in [5.74, 6) is -0.486. The summed E-state index contributed by atoms with van der Waals surface area (Å²) in [5, 5.41) is 5.45. The minimum atomic E-state index is -0.907. The molecular weight excluding hydrogens is 350 g/mol. The van der Waals surface area contributed by atoms with Gasteiger partial charge in [0.1, 0.15) is 11.8 Å². The van der Waals surface area contributed by atoms with Crippen LogP contribution in [0.5, 0.6) is 5.75 Å². The minimum Gasteiger partial charge on any atom is -0.492 e. The van der Waals surface area contributed by atoms with Gasteiger partial charge in [-0.1, -0.05) is 12.1 Å². The summed E-state index contributed by atoms with van der Waals surface area (Å²) < 4.78 is 10.6. The Bertz CT molecular complexity index is 819. The third-order valence-corrected chi connectivity index (χ3v) is 4.16. The Labute approximate surface area is 156 Å². The average molecular weight is 371 g/mol. The first-order valence-electron chi connectivity index (χ1n) is 8.74. The molecule has 0 spiro atoms. The first-order chi connectivity index (χ1) is 13.1. The smallest absolute Gasteiger partial charge is 0.290 e. The summed E-state index contributed by atoms with van der Waals surface area (Å²) in [4.78, 5) is 38.8. The van der Waals surface area contributed by atoms with E-state index in [1.54, 1.807) is 30.3 Å². The van der Waals surface area contributed by atoms with Crippen molar-refractivity contribution < 1.29 is 23.5 Å². The third-order valence-electron chi connectivity index (χ3n) is 4.16. The van der Waals surface area contributed by atoms with Gasteiger partial charge in [0.25, 0.3) is 5.91 Å². The largest absolute Gasteiger partial charge is 0.492 e. The maximum Gasteiger partial charge on any atom is 0.290 e. The maximum absolute atomic E-state index is 12.6. The summed E-state index contributed by atoms with van der Waals surface area (Å²) in [6, 6.07) is 9.27. The second-order valence-corrected chi connectivity index (χ2v) is 5.96. The van der Waals surface area contributed by atoms with E-state index in [0.29, 0.717) is 31.1 Å². The molecule has 1 fully saturated rings. The minimum absolute atomic E-state index is 0.136. The van der Waals surface area contributed by atoms with Crippen LogP contribution in [0.15, 0.2) is 47.1 Å². The predicted octanol–water partition coefficient (Wildman–Crippen LogP) is 1.65. The first kappa shape index (κ1) is 18.5. The van der Waals surface area contributed by atoms with Crippen LogP contribution in [0.4, 0.5) is 5.69 Å². The molecule has 8 nitrogen and oxygen atoms in total. The molecule has 27 heavy (non-hydrogen) atoms. The van der Waals surface area contributed by atoms with Gasteiger partial charge in [0.2, 0.25) is 11.8 Å². The highest BCUT2D eigenvalue weighted by Crippen LogP contribution is 2.24. The number of nitrogens with zero attached hydrogens (tertiary/aromatic N) is 1. The van der Waals surface area contributed by atoms with E-state index in [2.05, 4.69) is 10.6 Å². The topological polar surface area (TPSA) is 101 Å². The van der Waals surface area contributed by atoms with Crippen molar-refractivity contribution in [3.05, 3.63) is 48.4 Å². The van der Waals surface area contributed by atoms with Crippen LogP contribution in [0, 0.1) is 0 Å². The number of benzene rings is 1. The summed E-state index contributed by atoms with van der Waals surface area (Å²) in [5.41, 5.74) is 0.518. The van der Waals surface area contributed by atoms with Crippen LogP contribution >= 0.6 is 0 Å². The van der Waals surface area contributed by atoms with Gasteiger partial charge in [-0.15, -0.1) is 0 Å². The van der Waals surface area contributed by atoms with E-state index in [0.717, 1.165) is 0 Å². The van der Waals surface area contributed by atoms with Crippen molar-refractivity contribution in [1.29, 1.82) is 0 Å². The van der Waals surface area contributed by atoms with Crippen LogP contribution in [0.3, 0.4) is 0 Å². The van der Waals surface area contributed by atoms with Gasteiger partial charge in [0.15, 0.2) is 5.76 Å². The molecule has 0 bridgehead atoms. The highest BCUT2D eigenvalue weighted by Gasteiger charge is 2.36. The number of hydrogen-bond acceptors (Lipinski definition) is 5. The molecule has 1 aliphatic rings. The Balaban J connectivity index is 1.72. The van der Waals surface area contributed by atoms with Crippen LogP contribution < -0.4 is 15.4 Å². The molecule has 0 radical (unpaired) electrons. The molecule has 1 atom stereocenters. The Morgan fingerprint density at radius 3 is 2.85 bits per heavy atom. The van der Waals surface area contributed by atoms with Crippen LogP contribution in [0.1, 0.15) is 23.9 Å². The molecule has 2 heterocycles. The summed E-state index contributed by atoms with van der Waals surface area (Å²) in [6.45, 7) is 2.95. The molecule has 1 saturated heterocycles. The van der Waals surface area contributed by atoms with Gasteiger partial charge in [-0.05, 0) is 31.2 Å². The summed E-state index contributed by atoms with van der Waals surface area (Å²) >= 11 is 0. The van der Waals surface area contributed by atoms with Crippen molar-refractivity contribution in [3.63, 3.8) is 0 Å². The van der Waals surface area contributed by atoms with Crippen LogP contribution in [0.2, 0.25) is 0 Å². The van der Waals surface area contributed by atoms with Crippen molar-refractivity contribution in [2.24, 2.45) is 0 Å². The fourth-order valence-corrected chi connectivity index (χ4v) is 2.93. The molecule has 8 heteroatoms. The van der Waals surface area contributed by atoms with Crippen molar-refractivity contribution in [1.82, 2.24) is 10.2 Å². The molecule has 2 aromatic rings. The van der Waals surface area contributed by atoms with Crippen molar-refractivity contribution in [3.8, 4) is 5.75 Å². The van der Waals surface area contributed by atoms with Gasteiger partial charge in [-0.25, -0.2) is 0 Å². The number of anilines is 1. The molecule has 0 saturated carbocycles. The Hall–Kier alpha value is -3.29. The first-order valence-corrected chi connectivity index (χ1v) is 8.74. The molecule has 1 aromatic carbocycles. The molecular formula is C19H21N3O5. The van der Waals surface area contributed by atoms with E-state index < -0.39 is 11.9 Å². The van der Waals surface area contributed by atoms with E-state index in [1.807, 2.05) is 6.92 Å². The number of amides is 3. The second kappa shape index (κ2) is 8.39. The SMILES string of the molecule is CCOc1ccccc1NC(=O)C[C@H]1C(=O)NCCN1C(=O)c1ccco1. The van der Waals surface area contributed by atoms with Gasteiger partial charge >= 0.3 is 0 Å². The van der Waals surface area contributed by atoms with Crippen LogP contribution in [-0.2, 0) is 9.59 Å². The number of piperazine rings is 1. The highest BCUT2D eigenvalue weighted by atomic mass is 16.5. The van der Waals surface area contributed by atoms with Crippen molar-refractivity contribution in [2.45, 2.75) is 19.4 Å². The lowest BCUT2D eigenvalue weighted by atomic mass is 10.1. The fraction of sp³-hybridized carbons (Fsp3) is 0.316. The number of carbonyl (C=O) groups is 3. The number of carbonyl (C=O) groups excluding carboxylic acids is 3. The second-order valence-electron chi connectivity index (χ2n) is 5.96. The number of hydrogen-bond donors (Lipinski definition) is 2. The average Bonchev–Trinajstić information content (AvgIpc) is 3.19. The quantitative estimate of drug-likeness (QED) is 0.804. The fourth-order valence-electron chi connectivity index (χ4n) is 2.93. The van der Waals surface area contributed by atoms with Crippen LogP contribution in [0.25, 0.3) is 0 Å². The summed E-state index contributed by atoms with van der Waals surface area (Å²) in [6.07, 6.45) is 1.22. The monoisotopic (exact) mass is 371 g/mol. The molecule has 2 N–H and O–H groups in total. The van der Waals surface area contributed by atoms with Crippen molar-refractivity contribution in [2.75, 3.05) is 25.0 Å².